The van der Waals surface area contributed by atoms with Crippen molar-refractivity contribution in [3.05, 3.63) is 26.6 Å². The maximum atomic E-state index is 11.1. The molecule has 0 aliphatic rings. The van der Waals surface area contributed by atoms with Gasteiger partial charge in [0.1, 0.15) is 5.75 Å². The Morgan fingerprint density at radius 1 is 1.56 bits per heavy atom. The van der Waals surface area contributed by atoms with Gasteiger partial charge in [-0.2, -0.15) is 4.99 Å². The second kappa shape index (κ2) is 6.25. The van der Waals surface area contributed by atoms with Gasteiger partial charge in [-0.05, 0) is 52.8 Å². The highest BCUT2D eigenvalue weighted by atomic mass is 79.9. The number of ether oxygens (including phenoxy) is 1. The summed E-state index contributed by atoms with van der Waals surface area (Å²) in [7, 11) is 0. The van der Waals surface area contributed by atoms with Crippen LogP contribution in [0.3, 0.4) is 0 Å². The molecule has 0 aliphatic heterocycles. The van der Waals surface area contributed by atoms with Crippen LogP contribution in [0.1, 0.15) is 5.56 Å². The number of benzene rings is 1. The average Bonchev–Trinajstić information content (AvgIpc) is 2.16. The maximum Gasteiger partial charge on any atom is 0.292 e. The molecule has 1 amide bonds. The van der Waals surface area contributed by atoms with E-state index in [1.165, 1.54) is 0 Å². The van der Waals surface area contributed by atoms with Gasteiger partial charge in [0.15, 0.2) is 6.61 Å². The Morgan fingerprint density at radius 2 is 2.25 bits per heavy atom. The summed E-state index contributed by atoms with van der Waals surface area (Å²) in [5.74, 6) is 0.167. The first kappa shape index (κ1) is 13.5. The topological polar surface area (TPSA) is 38.7 Å². The number of halogens is 2. The minimum Gasteiger partial charge on any atom is -0.482 e. The van der Waals surface area contributed by atoms with Crippen molar-refractivity contribution in [2.75, 3.05) is 6.61 Å². The predicted octanol–water partition coefficient (Wildman–Crippen LogP) is 3.53. The van der Waals surface area contributed by atoms with Crippen molar-refractivity contribution in [3.63, 3.8) is 0 Å². The van der Waals surface area contributed by atoms with Gasteiger partial charge < -0.3 is 4.74 Å². The van der Waals surface area contributed by atoms with E-state index in [0.29, 0.717) is 5.75 Å². The van der Waals surface area contributed by atoms with E-state index in [9.17, 15) is 4.79 Å². The molecule has 0 atom stereocenters. The summed E-state index contributed by atoms with van der Waals surface area (Å²) in [5, 5.41) is 2.00. The molecule has 0 N–H and O–H groups in total. The third kappa shape index (κ3) is 3.79. The predicted molar refractivity (Wildman–Crippen MR) is 72.1 cm³/mol. The molecule has 1 aromatic carbocycles. The fraction of sp³-hybridized carbons (Fsp3) is 0.200. The molecule has 0 spiro atoms. The first-order valence-corrected chi connectivity index (χ1v) is 6.23. The molecule has 0 heterocycles. The summed E-state index contributed by atoms with van der Waals surface area (Å²) in [6.07, 6.45) is 0. The number of carbonyl (C=O) groups is 1. The number of hydrogen-bond donors (Lipinski definition) is 0. The fourth-order valence-electron chi connectivity index (χ4n) is 1.09. The van der Waals surface area contributed by atoms with Crippen LogP contribution in [0.25, 0.3) is 0 Å². The summed E-state index contributed by atoms with van der Waals surface area (Å²) >= 11 is 11.0. The SMILES string of the molecule is Cc1cc(Br)cc(Br)c1OCC(=O)N=C=S. The highest BCUT2D eigenvalue weighted by molar-refractivity contribution is 9.11. The van der Waals surface area contributed by atoms with Gasteiger partial charge in [-0.15, -0.1) is 0 Å². The third-order valence-electron chi connectivity index (χ3n) is 1.70. The number of amides is 1. The van der Waals surface area contributed by atoms with Crippen LogP contribution in [0.5, 0.6) is 5.75 Å². The molecule has 84 valence electrons. The van der Waals surface area contributed by atoms with E-state index in [1.807, 2.05) is 24.2 Å². The minimum absolute atomic E-state index is 0.148. The van der Waals surface area contributed by atoms with Crippen LogP contribution in [-0.2, 0) is 4.79 Å². The second-order valence-corrected chi connectivity index (χ2v) is 4.87. The lowest BCUT2D eigenvalue weighted by molar-refractivity contribution is -0.119. The molecule has 0 aromatic heterocycles. The Balaban J connectivity index is 2.82. The fourth-order valence-corrected chi connectivity index (χ4v) is 2.74. The molecule has 0 aliphatic carbocycles. The highest BCUT2D eigenvalue weighted by Crippen LogP contribution is 2.32. The van der Waals surface area contributed by atoms with E-state index in [0.717, 1.165) is 14.5 Å². The molecule has 0 unspecified atom stereocenters. The zero-order chi connectivity index (χ0) is 12.1. The van der Waals surface area contributed by atoms with Gasteiger partial charge in [0.2, 0.25) is 0 Å². The van der Waals surface area contributed by atoms with Crippen LogP contribution in [0.15, 0.2) is 26.1 Å². The summed E-state index contributed by atoms with van der Waals surface area (Å²) in [6, 6.07) is 3.74. The second-order valence-electron chi connectivity index (χ2n) is 2.92. The molecule has 1 rings (SSSR count). The molecule has 6 heteroatoms. The van der Waals surface area contributed by atoms with E-state index < -0.39 is 5.91 Å². The zero-order valence-electron chi connectivity index (χ0n) is 8.29. The Bertz CT molecular complexity index is 447. The number of hydrogen-bond acceptors (Lipinski definition) is 3. The molecule has 0 radical (unpaired) electrons. The Labute approximate surface area is 115 Å². The quantitative estimate of drug-likeness (QED) is 0.608. The Hall–Kier alpha value is -0.550. The average molecular weight is 365 g/mol. The molecule has 16 heavy (non-hydrogen) atoms. The summed E-state index contributed by atoms with van der Waals surface area (Å²) < 4.78 is 7.05. The van der Waals surface area contributed by atoms with Crippen LogP contribution < -0.4 is 4.74 Å². The Morgan fingerprint density at radius 3 is 2.81 bits per heavy atom. The molecular weight excluding hydrogens is 358 g/mol. The van der Waals surface area contributed by atoms with Crippen molar-refractivity contribution in [2.45, 2.75) is 6.92 Å². The number of aryl methyl sites for hydroxylation is 1. The summed E-state index contributed by atoms with van der Waals surface area (Å²) in [5.41, 5.74) is 0.917. The van der Waals surface area contributed by atoms with Crippen molar-refractivity contribution in [1.82, 2.24) is 0 Å². The number of rotatable bonds is 3. The maximum absolute atomic E-state index is 11.1. The monoisotopic (exact) mass is 363 g/mol. The van der Waals surface area contributed by atoms with Crippen LogP contribution in [0, 0.1) is 6.92 Å². The number of aliphatic imine (C=N–C) groups is 1. The van der Waals surface area contributed by atoms with Gasteiger partial charge >= 0.3 is 0 Å². The summed E-state index contributed by atoms with van der Waals surface area (Å²) in [4.78, 5) is 14.4. The molecule has 0 fully saturated rings. The van der Waals surface area contributed by atoms with Crippen LogP contribution in [0.4, 0.5) is 0 Å². The van der Waals surface area contributed by atoms with Gasteiger partial charge in [0.25, 0.3) is 5.91 Å². The third-order valence-corrected chi connectivity index (χ3v) is 2.84. The molecule has 0 saturated carbocycles. The van der Waals surface area contributed by atoms with Gasteiger partial charge in [0, 0.05) is 4.47 Å². The molecule has 0 saturated heterocycles. The normalized spacial score (nSPS) is 9.44. The minimum atomic E-state index is -0.454. The van der Waals surface area contributed by atoms with E-state index >= 15 is 0 Å². The van der Waals surface area contributed by atoms with Crippen molar-refractivity contribution in [2.24, 2.45) is 4.99 Å². The smallest absolute Gasteiger partial charge is 0.292 e. The van der Waals surface area contributed by atoms with Gasteiger partial charge in [-0.25, -0.2) is 0 Å². The number of nitrogens with zero attached hydrogens (tertiary/aromatic N) is 1. The lowest BCUT2D eigenvalue weighted by atomic mass is 10.2. The van der Waals surface area contributed by atoms with E-state index in [2.05, 4.69) is 49.1 Å². The van der Waals surface area contributed by atoms with E-state index in [1.54, 1.807) is 0 Å². The largest absolute Gasteiger partial charge is 0.482 e. The lowest BCUT2D eigenvalue weighted by Gasteiger charge is -2.09. The van der Waals surface area contributed by atoms with E-state index in [-0.39, 0.29) is 6.61 Å². The number of isothiocyanates is 1. The van der Waals surface area contributed by atoms with Crippen molar-refractivity contribution >= 4 is 55.1 Å². The zero-order valence-corrected chi connectivity index (χ0v) is 12.3. The van der Waals surface area contributed by atoms with Gasteiger partial charge in [-0.1, -0.05) is 15.9 Å². The van der Waals surface area contributed by atoms with Crippen LogP contribution in [0.2, 0.25) is 0 Å². The van der Waals surface area contributed by atoms with E-state index in [4.69, 9.17) is 4.74 Å². The van der Waals surface area contributed by atoms with Crippen molar-refractivity contribution < 1.29 is 9.53 Å². The highest BCUT2D eigenvalue weighted by Gasteiger charge is 2.08. The first-order chi connectivity index (χ1) is 7.54. The standard InChI is InChI=1S/C10H7Br2NO2S/c1-6-2-7(11)3-8(12)10(6)15-4-9(14)13-5-16/h2-3H,4H2,1H3. The lowest BCUT2D eigenvalue weighted by Crippen LogP contribution is -2.09. The Kier molecular flexibility index (Phi) is 5.28. The molecule has 0 bridgehead atoms. The van der Waals surface area contributed by atoms with Crippen LogP contribution >= 0.6 is 44.1 Å². The van der Waals surface area contributed by atoms with Crippen molar-refractivity contribution in [3.8, 4) is 5.75 Å². The molecule has 3 nitrogen and oxygen atoms in total. The molecule has 1 aromatic rings. The number of thiocarbonyl (C=S) groups is 1. The molecular formula is C10H7Br2NO2S. The van der Waals surface area contributed by atoms with Crippen LogP contribution in [-0.4, -0.2) is 17.7 Å². The van der Waals surface area contributed by atoms with Gasteiger partial charge in [0.05, 0.1) is 9.63 Å². The summed E-state index contributed by atoms with van der Waals surface area (Å²) in [6.45, 7) is 1.74. The van der Waals surface area contributed by atoms with Crippen molar-refractivity contribution in [1.29, 1.82) is 0 Å². The first-order valence-electron chi connectivity index (χ1n) is 4.23. The number of carbonyl (C=O) groups excluding carboxylic acids is 1. The van der Waals surface area contributed by atoms with Gasteiger partial charge in [-0.3, -0.25) is 4.79 Å².